The first-order valence-electron chi connectivity index (χ1n) is 13.8. The minimum atomic E-state index is -1.27. The van der Waals surface area contributed by atoms with Gasteiger partial charge in [-0.15, -0.1) is 0 Å². The van der Waals surface area contributed by atoms with Crippen LogP contribution in [0.4, 0.5) is 9.59 Å². The van der Waals surface area contributed by atoms with Gasteiger partial charge in [-0.1, -0.05) is 80.6 Å². The van der Waals surface area contributed by atoms with Crippen molar-refractivity contribution in [3.63, 3.8) is 0 Å². The van der Waals surface area contributed by atoms with Crippen molar-refractivity contribution in [2.45, 2.75) is 58.6 Å². The van der Waals surface area contributed by atoms with Crippen LogP contribution >= 0.6 is 0 Å². The lowest BCUT2D eigenvalue weighted by Crippen LogP contribution is -2.42. The summed E-state index contributed by atoms with van der Waals surface area (Å²) in [5, 5.41) is 13.1. The van der Waals surface area contributed by atoms with E-state index < -0.39 is 29.8 Å². The lowest BCUT2D eigenvalue weighted by Gasteiger charge is -2.19. The zero-order chi connectivity index (χ0) is 29.7. The number of ether oxygens (including phenoxy) is 2. The lowest BCUT2D eigenvalue weighted by atomic mass is 9.98. The predicted octanol–water partition coefficient (Wildman–Crippen LogP) is 6.99. The number of amides is 1. The molecule has 0 radical (unpaired) electrons. The molecule has 2 N–H and O–H groups in total. The highest BCUT2D eigenvalue weighted by Crippen LogP contribution is 2.44. The minimum absolute atomic E-state index is 0.0458. The highest BCUT2D eigenvalue weighted by Gasteiger charge is 2.30. The van der Waals surface area contributed by atoms with Crippen LogP contribution in [0, 0.1) is 0 Å². The highest BCUT2D eigenvalue weighted by molar-refractivity contribution is 5.92. The molecule has 0 saturated carbocycles. The molecule has 3 aromatic carbocycles. The average molecular weight is 557 g/mol. The van der Waals surface area contributed by atoms with Crippen molar-refractivity contribution >= 4 is 29.1 Å². The van der Waals surface area contributed by atoms with Crippen LogP contribution in [-0.2, 0) is 20.7 Å². The molecule has 0 saturated heterocycles. The molecule has 1 atom stereocenters. The first-order valence-corrected chi connectivity index (χ1v) is 13.8. The Labute approximate surface area is 239 Å². The van der Waals surface area contributed by atoms with Gasteiger partial charge in [0.15, 0.2) is 0 Å². The van der Waals surface area contributed by atoms with Gasteiger partial charge in [0, 0.05) is 23.9 Å². The van der Waals surface area contributed by atoms with Crippen LogP contribution in [0.5, 0.6) is 0 Å². The van der Waals surface area contributed by atoms with E-state index in [0.29, 0.717) is 16.5 Å². The van der Waals surface area contributed by atoms with E-state index in [-0.39, 0.29) is 18.9 Å². The van der Waals surface area contributed by atoms with Gasteiger partial charge in [0.2, 0.25) is 0 Å². The van der Waals surface area contributed by atoms with E-state index in [2.05, 4.69) is 5.32 Å². The lowest BCUT2D eigenvalue weighted by molar-refractivity contribution is -0.139. The van der Waals surface area contributed by atoms with Crippen LogP contribution in [0.1, 0.15) is 57.2 Å². The Morgan fingerprint density at radius 3 is 2.05 bits per heavy atom. The summed E-state index contributed by atoms with van der Waals surface area (Å²) in [5.41, 5.74) is 4.82. The van der Waals surface area contributed by atoms with Gasteiger partial charge in [-0.25, -0.2) is 14.4 Å². The van der Waals surface area contributed by atoms with Crippen LogP contribution in [0.3, 0.4) is 0 Å². The quantitative estimate of drug-likeness (QED) is 0.265. The summed E-state index contributed by atoms with van der Waals surface area (Å²) in [6.07, 6.45) is 0.130. The van der Waals surface area contributed by atoms with Gasteiger partial charge in [-0.2, -0.15) is 0 Å². The largest absolute Gasteiger partial charge is 0.480 e. The van der Waals surface area contributed by atoms with Crippen LogP contribution in [-0.4, -0.2) is 46.1 Å². The normalized spacial score (nSPS) is 12.9. The van der Waals surface area contributed by atoms with Crippen LogP contribution < -0.4 is 5.32 Å². The Morgan fingerprint density at radius 1 is 0.902 bits per heavy atom. The van der Waals surface area contributed by atoms with E-state index in [1.165, 1.54) is 4.57 Å². The number of rotatable bonds is 6. The number of carboxylic acids is 1. The van der Waals surface area contributed by atoms with Crippen molar-refractivity contribution < 1.29 is 29.0 Å². The van der Waals surface area contributed by atoms with E-state index in [1.54, 1.807) is 51.2 Å². The Balaban J connectivity index is 0.00000189. The first-order chi connectivity index (χ1) is 19.6. The summed E-state index contributed by atoms with van der Waals surface area (Å²) in [4.78, 5) is 37.7. The molecule has 8 heteroatoms. The van der Waals surface area contributed by atoms with Gasteiger partial charge in [-0.05, 0) is 54.7 Å². The van der Waals surface area contributed by atoms with Gasteiger partial charge in [-0.3, -0.25) is 4.57 Å². The molecular formula is C33H36N2O6. The molecule has 8 nitrogen and oxygen atoms in total. The summed E-state index contributed by atoms with van der Waals surface area (Å²) in [7, 11) is 0. The number of alkyl carbamates (subject to hydrolysis) is 1. The third-order valence-electron chi connectivity index (χ3n) is 6.74. The Kier molecular flexibility index (Phi) is 8.81. The van der Waals surface area contributed by atoms with Gasteiger partial charge in [0.05, 0.1) is 5.52 Å². The van der Waals surface area contributed by atoms with Crippen molar-refractivity contribution in [3.05, 3.63) is 95.7 Å². The van der Waals surface area contributed by atoms with E-state index >= 15 is 0 Å². The zero-order valence-corrected chi connectivity index (χ0v) is 24.0. The fourth-order valence-electron chi connectivity index (χ4n) is 5.08. The van der Waals surface area contributed by atoms with E-state index in [0.717, 1.165) is 22.3 Å². The Bertz CT molecular complexity index is 1520. The second-order valence-corrected chi connectivity index (χ2v) is 10.6. The number of fused-ring (bicyclic) bond motifs is 4. The SMILES string of the molecule is CC.CC(C)(C)OC(=O)n1cc(CC(NC(=O)OCC2c3ccccc3-c3ccccc32)C(=O)O)c2ccccc21. The summed E-state index contributed by atoms with van der Waals surface area (Å²) < 4.78 is 12.4. The Hall–Kier alpha value is -4.59. The molecule has 1 heterocycles. The number of aliphatic carboxylic acids is 1. The topological polar surface area (TPSA) is 107 Å². The van der Waals surface area contributed by atoms with Crippen LogP contribution in [0.2, 0.25) is 0 Å². The molecule has 1 unspecified atom stereocenters. The number of hydrogen-bond donors (Lipinski definition) is 2. The monoisotopic (exact) mass is 556 g/mol. The highest BCUT2D eigenvalue weighted by atomic mass is 16.6. The third-order valence-corrected chi connectivity index (χ3v) is 6.74. The van der Waals surface area contributed by atoms with E-state index in [9.17, 15) is 19.5 Å². The molecule has 1 aromatic heterocycles. The maximum atomic E-state index is 12.8. The van der Waals surface area contributed by atoms with Crippen LogP contribution in [0.15, 0.2) is 79.0 Å². The molecule has 0 aliphatic heterocycles. The third kappa shape index (κ3) is 6.43. The number of carbonyl (C=O) groups is 3. The second kappa shape index (κ2) is 12.3. The van der Waals surface area contributed by atoms with Crippen molar-refractivity contribution in [1.29, 1.82) is 0 Å². The molecule has 0 bridgehead atoms. The van der Waals surface area contributed by atoms with Crippen molar-refractivity contribution in [2.75, 3.05) is 6.61 Å². The maximum absolute atomic E-state index is 12.8. The minimum Gasteiger partial charge on any atom is -0.480 e. The van der Waals surface area contributed by atoms with E-state index in [4.69, 9.17) is 9.47 Å². The fraction of sp³-hybridized carbons (Fsp3) is 0.303. The van der Waals surface area contributed by atoms with E-state index in [1.807, 2.05) is 62.4 Å². The second-order valence-electron chi connectivity index (χ2n) is 10.6. The molecule has 0 spiro atoms. The van der Waals surface area contributed by atoms with Gasteiger partial charge in [0.25, 0.3) is 0 Å². The Morgan fingerprint density at radius 2 is 1.46 bits per heavy atom. The average Bonchev–Trinajstić information content (AvgIpc) is 3.48. The number of nitrogens with zero attached hydrogens (tertiary/aromatic N) is 1. The number of carboxylic acid groups (broad SMARTS) is 1. The summed E-state index contributed by atoms with van der Waals surface area (Å²) >= 11 is 0. The van der Waals surface area contributed by atoms with Crippen LogP contribution in [0.25, 0.3) is 22.0 Å². The van der Waals surface area contributed by atoms with Gasteiger partial charge >= 0.3 is 18.2 Å². The molecule has 5 rings (SSSR count). The molecule has 214 valence electrons. The maximum Gasteiger partial charge on any atom is 0.419 e. The smallest absolute Gasteiger partial charge is 0.419 e. The molecule has 41 heavy (non-hydrogen) atoms. The summed E-state index contributed by atoms with van der Waals surface area (Å²) in [6, 6.07) is 21.9. The van der Waals surface area contributed by atoms with Crippen molar-refractivity contribution in [3.8, 4) is 11.1 Å². The number of para-hydroxylation sites is 1. The molecule has 4 aromatic rings. The number of benzene rings is 3. The van der Waals surface area contributed by atoms with Crippen molar-refractivity contribution in [1.82, 2.24) is 9.88 Å². The van der Waals surface area contributed by atoms with Gasteiger partial charge in [0.1, 0.15) is 18.2 Å². The molecular weight excluding hydrogens is 520 g/mol. The standard InChI is InChI=1S/C31H30N2O6.C2H6/c1-31(2,3)39-30(37)33-17-19(20-10-8-9-15-27(20)33)16-26(28(34)35)32-29(36)38-18-25-23-13-6-4-11-21(23)22-12-5-7-14-24(22)25;1-2/h4-15,17,25-26H,16,18H2,1-3H3,(H,32,36)(H,34,35);1-2H3. The molecule has 0 fully saturated rings. The van der Waals surface area contributed by atoms with Crippen molar-refractivity contribution in [2.24, 2.45) is 0 Å². The molecule has 1 aliphatic rings. The zero-order valence-electron chi connectivity index (χ0n) is 24.0. The molecule has 1 amide bonds. The predicted molar refractivity (Wildman–Crippen MR) is 158 cm³/mol. The van der Waals surface area contributed by atoms with Gasteiger partial charge < -0.3 is 19.9 Å². The summed E-state index contributed by atoms with van der Waals surface area (Å²) in [6.45, 7) is 9.40. The number of nitrogens with one attached hydrogen (secondary N) is 1. The number of carbonyl (C=O) groups excluding carboxylic acids is 2. The molecule has 1 aliphatic carbocycles. The number of hydrogen-bond acceptors (Lipinski definition) is 5. The first kappa shape index (κ1) is 29.4. The fourth-order valence-corrected chi connectivity index (χ4v) is 5.08. The summed E-state index contributed by atoms with van der Waals surface area (Å²) in [5.74, 6) is -1.35. The number of aromatic nitrogens is 1.